The number of nitrogens with zero attached hydrogens (tertiary/aromatic N) is 6. The summed E-state index contributed by atoms with van der Waals surface area (Å²) in [7, 11) is -2.73. The molecule has 0 bridgehead atoms. The number of carbonyl (C=O) groups is 3. The topological polar surface area (TPSA) is 208 Å². The Hall–Kier alpha value is -5.72. The van der Waals surface area contributed by atoms with Crippen LogP contribution in [-0.4, -0.2) is 114 Å². The molecule has 4 aliphatic rings. The Kier molecular flexibility index (Phi) is 13.1. The van der Waals surface area contributed by atoms with E-state index in [9.17, 15) is 32.9 Å². The third-order valence-electron chi connectivity index (χ3n) is 13.0. The van der Waals surface area contributed by atoms with Gasteiger partial charge in [-0.25, -0.2) is 13.8 Å². The van der Waals surface area contributed by atoms with Crippen LogP contribution in [0.25, 0.3) is 10.9 Å². The van der Waals surface area contributed by atoms with E-state index in [0.717, 1.165) is 16.4 Å². The quantitative estimate of drug-likeness (QED) is 0.160. The van der Waals surface area contributed by atoms with Crippen molar-refractivity contribution in [1.82, 2.24) is 29.0 Å². The SMILES string of the molecule is CCN(C)S(=O)(=O)Nc1ccc(F)c(Oc2ccc3ncn([C@H]4COC5(CCN(C(=O)CN6CCC(c7ccc(NC8CCC(=O)NC8=O)cc7F)CC6)CC5)C4)c(=O)c3c2Cl)c1C#N. The highest BCUT2D eigenvalue weighted by Gasteiger charge is 2.44. The van der Waals surface area contributed by atoms with Gasteiger partial charge in [-0.2, -0.15) is 18.0 Å². The maximum atomic E-state index is 15.3. The fourth-order valence-corrected chi connectivity index (χ4v) is 10.3. The van der Waals surface area contributed by atoms with Crippen LogP contribution in [0, 0.1) is 23.0 Å². The zero-order valence-corrected chi connectivity index (χ0v) is 37.3. The maximum Gasteiger partial charge on any atom is 0.301 e. The standard InChI is InChI=1S/C44H48ClF2N9O8S/c1-3-53(2)65(61,62)52-33-7-6-31(46)41(30(33)22-48)64-36-10-8-34-39(40(36)45)43(60)56(25-49-34)28-21-44(63-24-28)14-18-55(19-15-44)38(58)23-54-16-12-26(13-17-54)29-5-4-27(20-32(29)47)50-35-9-11-37(57)51-42(35)59/h4-8,10,20,25-26,28,35,50,52H,3,9,11-19,21,23-24H2,1-2H3,(H,51,57,59)/t28-,35?/m1/s1. The maximum absolute atomic E-state index is 15.3. The molecule has 8 rings (SSSR count). The van der Waals surface area contributed by atoms with Gasteiger partial charge in [-0.15, -0.1) is 0 Å². The number of aromatic nitrogens is 2. The van der Waals surface area contributed by atoms with Gasteiger partial charge in [-0.05, 0) is 99.5 Å². The highest BCUT2D eigenvalue weighted by atomic mass is 35.5. The predicted octanol–water partition coefficient (Wildman–Crippen LogP) is 5.02. The van der Waals surface area contributed by atoms with Gasteiger partial charge in [0, 0.05) is 38.8 Å². The number of imide groups is 1. The summed E-state index contributed by atoms with van der Waals surface area (Å²) in [4.78, 5) is 59.5. The molecule has 4 aliphatic heterocycles. The second-order valence-electron chi connectivity index (χ2n) is 16.9. The first-order chi connectivity index (χ1) is 31.1. The lowest BCUT2D eigenvalue weighted by atomic mass is 9.87. The number of benzene rings is 3. The smallest absolute Gasteiger partial charge is 0.301 e. The van der Waals surface area contributed by atoms with Gasteiger partial charge in [0.15, 0.2) is 11.6 Å². The fourth-order valence-electron chi connectivity index (χ4n) is 9.04. The number of nitriles is 1. The van der Waals surface area contributed by atoms with E-state index in [-0.39, 0.29) is 77.0 Å². The van der Waals surface area contributed by atoms with Crippen molar-refractivity contribution >= 4 is 61.8 Å². The largest absolute Gasteiger partial charge is 0.451 e. The second kappa shape index (κ2) is 18.6. The Labute approximate surface area is 378 Å². The number of carbonyl (C=O) groups excluding carboxylic acids is 3. The van der Waals surface area contributed by atoms with Crippen molar-refractivity contribution in [3.8, 4) is 17.6 Å². The van der Waals surface area contributed by atoms with E-state index >= 15 is 8.78 Å². The Morgan fingerprint density at radius 3 is 2.52 bits per heavy atom. The number of hydrogen-bond donors (Lipinski definition) is 3. The molecular formula is C44H48ClF2N9O8S. The summed E-state index contributed by atoms with van der Waals surface area (Å²) in [5, 5.41) is 15.1. The zero-order valence-electron chi connectivity index (χ0n) is 35.7. The van der Waals surface area contributed by atoms with Crippen molar-refractivity contribution in [2.75, 3.05) is 63.0 Å². The van der Waals surface area contributed by atoms with Gasteiger partial charge in [0.1, 0.15) is 29.2 Å². The number of amides is 3. The molecule has 4 fully saturated rings. The monoisotopic (exact) mass is 935 g/mol. The van der Waals surface area contributed by atoms with E-state index in [1.165, 1.54) is 36.1 Å². The van der Waals surface area contributed by atoms with Gasteiger partial charge >= 0.3 is 10.2 Å². The van der Waals surface area contributed by atoms with Crippen LogP contribution in [0.5, 0.6) is 11.5 Å². The number of hydrogen-bond acceptors (Lipinski definition) is 12. The van der Waals surface area contributed by atoms with E-state index < -0.39 is 56.5 Å². The number of likely N-dealkylation sites (tertiary alicyclic amines) is 2. The van der Waals surface area contributed by atoms with Crippen LogP contribution in [0.3, 0.4) is 0 Å². The average Bonchev–Trinajstić information content (AvgIpc) is 3.69. The summed E-state index contributed by atoms with van der Waals surface area (Å²) < 4.78 is 72.8. The predicted molar refractivity (Wildman–Crippen MR) is 236 cm³/mol. The molecule has 344 valence electrons. The minimum atomic E-state index is -4.07. The fraction of sp³-hybridized carbons (Fsp3) is 0.455. The molecule has 4 saturated heterocycles. The molecule has 1 aromatic heterocycles. The Morgan fingerprint density at radius 2 is 1.83 bits per heavy atom. The number of halogens is 3. The number of nitrogens with one attached hydrogen (secondary N) is 3. The van der Waals surface area contributed by atoms with Crippen LogP contribution >= 0.6 is 11.6 Å². The molecule has 3 N–H and O–H groups in total. The highest BCUT2D eigenvalue weighted by Crippen LogP contribution is 2.42. The third kappa shape index (κ3) is 9.52. The number of anilines is 2. The van der Waals surface area contributed by atoms with E-state index in [2.05, 4.69) is 25.2 Å². The van der Waals surface area contributed by atoms with Crippen LogP contribution in [0.15, 0.2) is 53.6 Å². The van der Waals surface area contributed by atoms with Gasteiger partial charge in [-0.3, -0.25) is 38.7 Å². The summed E-state index contributed by atoms with van der Waals surface area (Å²) in [5.74, 6) is -2.81. The Morgan fingerprint density at radius 1 is 1.08 bits per heavy atom. The van der Waals surface area contributed by atoms with Crippen molar-refractivity contribution in [3.05, 3.63) is 86.9 Å². The van der Waals surface area contributed by atoms with Crippen LogP contribution in [-0.2, 0) is 29.3 Å². The van der Waals surface area contributed by atoms with Crippen molar-refractivity contribution in [2.45, 2.75) is 75.5 Å². The van der Waals surface area contributed by atoms with Crippen molar-refractivity contribution in [1.29, 1.82) is 5.26 Å². The van der Waals surface area contributed by atoms with Crippen LogP contribution in [0.2, 0.25) is 5.02 Å². The molecule has 0 saturated carbocycles. The van der Waals surface area contributed by atoms with Gasteiger partial charge < -0.3 is 19.7 Å². The van der Waals surface area contributed by atoms with E-state index in [1.807, 2.05) is 4.90 Å². The molecule has 1 spiro atoms. The first kappa shape index (κ1) is 45.8. The van der Waals surface area contributed by atoms with Crippen molar-refractivity contribution in [2.24, 2.45) is 0 Å². The molecule has 0 radical (unpaired) electrons. The molecule has 2 atom stereocenters. The van der Waals surface area contributed by atoms with E-state index in [4.69, 9.17) is 21.1 Å². The van der Waals surface area contributed by atoms with E-state index in [1.54, 1.807) is 25.1 Å². The zero-order chi connectivity index (χ0) is 46.2. The van der Waals surface area contributed by atoms with Gasteiger partial charge in [0.05, 0.1) is 52.7 Å². The van der Waals surface area contributed by atoms with Gasteiger partial charge in [0.2, 0.25) is 17.7 Å². The molecule has 21 heteroatoms. The summed E-state index contributed by atoms with van der Waals surface area (Å²) in [6.07, 6.45) is 4.98. The molecule has 65 heavy (non-hydrogen) atoms. The summed E-state index contributed by atoms with van der Waals surface area (Å²) in [5.41, 5.74) is -0.375. The summed E-state index contributed by atoms with van der Waals surface area (Å²) >= 11 is 6.76. The van der Waals surface area contributed by atoms with Crippen molar-refractivity contribution in [3.63, 3.8) is 0 Å². The van der Waals surface area contributed by atoms with Crippen LogP contribution < -0.4 is 25.7 Å². The molecule has 0 aliphatic carbocycles. The normalized spacial score (nSPS) is 20.5. The van der Waals surface area contributed by atoms with Crippen molar-refractivity contribution < 1.29 is 41.1 Å². The minimum Gasteiger partial charge on any atom is -0.451 e. The molecule has 17 nitrogen and oxygen atoms in total. The summed E-state index contributed by atoms with van der Waals surface area (Å²) in [6.45, 7) is 4.44. The third-order valence-corrected chi connectivity index (χ3v) is 14.9. The number of fused-ring (bicyclic) bond motifs is 1. The van der Waals surface area contributed by atoms with Crippen LogP contribution in [0.1, 0.15) is 75.0 Å². The molecular weight excluding hydrogens is 888 g/mol. The summed E-state index contributed by atoms with van der Waals surface area (Å²) in [6, 6.07) is 10.6. The molecule has 3 amide bonds. The average molecular weight is 936 g/mol. The molecule has 3 aromatic carbocycles. The lowest BCUT2D eigenvalue weighted by molar-refractivity contribution is -0.137. The number of piperidine rings is 3. The highest BCUT2D eigenvalue weighted by molar-refractivity contribution is 7.90. The molecule has 4 aromatic rings. The Bertz CT molecular complexity index is 2750. The number of rotatable bonds is 12. The number of ether oxygens (including phenoxy) is 2. The lowest BCUT2D eigenvalue weighted by Gasteiger charge is -2.40. The molecule has 1 unspecified atom stereocenters. The van der Waals surface area contributed by atoms with E-state index in [0.29, 0.717) is 76.0 Å². The Balaban J connectivity index is 0.862. The first-order valence-electron chi connectivity index (χ1n) is 21.5. The lowest BCUT2D eigenvalue weighted by Crippen LogP contribution is -2.50. The van der Waals surface area contributed by atoms with Crippen LogP contribution in [0.4, 0.5) is 20.2 Å². The minimum absolute atomic E-state index is 0.000201. The van der Waals surface area contributed by atoms with Gasteiger partial charge in [0.25, 0.3) is 5.56 Å². The first-order valence-corrected chi connectivity index (χ1v) is 23.3. The second-order valence-corrected chi connectivity index (χ2v) is 19.1. The van der Waals surface area contributed by atoms with Gasteiger partial charge in [-0.1, -0.05) is 24.6 Å². The molecule has 5 heterocycles.